The number of likely N-dealkylation sites (N-methyl/N-ethyl adjacent to an activating group) is 1. The molecule has 3 nitrogen and oxygen atoms in total. The first-order chi connectivity index (χ1) is 9.78. The van der Waals surface area contributed by atoms with E-state index in [0.29, 0.717) is 0 Å². The number of nitrogens with one attached hydrogen (secondary N) is 1. The Kier molecular flexibility index (Phi) is 5.24. The summed E-state index contributed by atoms with van der Waals surface area (Å²) in [7, 11) is 1.99. The van der Waals surface area contributed by atoms with E-state index in [1.807, 2.05) is 25.5 Å². The van der Waals surface area contributed by atoms with Gasteiger partial charge in [0.2, 0.25) is 0 Å². The zero-order chi connectivity index (χ0) is 14.4. The third-order valence-corrected chi connectivity index (χ3v) is 3.69. The quantitative estimate of drug-likeness (QED) is 0.875. The maximum absolute atomic E-state index is 4.56. The fourth-order valence-corrected chi connectivity index (χ4v) is 2.39. The first-order valence-corrected chi connectivity index (χ1v) is 7.33. The van der Waals surface area contributed by atoms with Crippen LogP contribution < -0.4 is 5.32 Å². The van der Waals surface area contributed by atoms with Crippen molar-refractivity contribution in [3.63, 3.8) is 0 Å². The van der Waals surface area contributed by atoms with Crippen molar-refractivity contribution in [3.8, 4) is 0 Å². The van der Waals surface area contributed by atoms with Crippen molar-refractivity contribution < 1.29 is 0 Å². The molecule has 0 aliphatic heterocycles. The van der Waals surface area contributed by atoms with Gasteiger partial charge in [0.15, 0.2) is 0 Å². The number of nitrogens with zero attached hydrogens (tertiary/aromatic N) is 2. The fourth-order valence-electron chi connectivity index (χ4n) is 2.39. The van der Waals surface area contributed by atoms with E-state index >= 15 is 0 Å². The zero-order valence-electron chi connectivity index (χ0n) is 12.6. The molecule has 2 rings (SSSR count). The molecule has 0 saturated carbocycles. The highest BCUT2D eigenvalue weighted by atomic mass is 14.9. The summed E-state index contributed by atoms with van der Waals surface area (Å²) in [4.78, 5) is 9.11. The lowest BCUT2D eigenvalue weighted by Gasteiger charge is -2.18. The summed E-state index contributed by atoms with van der Waals surface area (Å²) in [5.41, 5.74) is 4.83. The molecule has 0 bridgehead atoms. The Bertz CT molecular complexity index is 534. The molecule has 0 saturated heterocycles. The highest BCUT2D eigenvalue weighted by Crippen LogP contribution is 2.19. The average molecular weight is 269 g/mol. The molecule has 2 aromatic heterocycles. The van der Waals surface area contributed by atoms with E-state index in [1.54, 1.807) is 0 Å². The van der Waals surface area contributed by atoms with Crippen LogP contribution in [0.15, 0.2) is 36.7 Å². The van der Waals surface area contributed by atoms with Gasteiger partial charge in [0.1, 0.15) is 0 Å². The van der Waals surface area contributed by atoms with E-state index in [9.17, 15) is 0 Å². The van der Waals surface area contributed by atoms with Gasteiger partial charge >= 0.3 is 0 Å². The molecule has 0 amide bonds. The Morgan fingerprint density at radius 1 is 1.10 bits per heavy atom. The van der Waals surface area contributed by atoms with Crippen LogP contribution >= 0.6 is 0 Å². The van der Waals surface area contributed by atoms with Crippen molar-refractivity contribution in [2.75, 3.05) is 7.05 Å². The van der Waals surface area contributed by atoms with Crippen molar-refractivity contribution in [2.24, 2.45) is 0 Å². The Balaban J connectivity index is 2.19. The summed E-state index contributed by atoms with van der Waals surface area (Å²) in [5.74, 6) is 0. The number of aryl methyl sites for hydroxylation is 2. The van der Waals surface area contributed by atoms with Crippen molar-refractivity contribution in [1.29, 1.82) is 0 Å². The van der Waals surface area contributed by atoms with E-state index in [-0.39, 0.29) is 6.04 Å². The van der Waals surface area contributed by atoms with Gasteiger partial charge in [0.25, 0.3) is 0 Å². The topological polar surface area (TPSA) is 37.8 Å². The second-order valence-electron chi connectivity index (χ2n) is 4.96. The average Bonchev–Trinajstić information content (AvgIpc) is 2.53. The highest BCUT2D eigenvalue weighted by Gasteiger charge is 2.15. The fraction of sp³-hybridized carbons (Fsp3) is 0.412. The van der Waals surface area contributed by atoms with Crippen LogP contribution in [0.1, 0.15) is 42.4 Å². The van der Waals surface area contributed by atoms with Gasteiger partial charge in [-0.1, -0.05) is 26.0 Å². The van der Waals surface area contributed by atoms with Crippen molar-refractivity contribution >= 4 is 0 Å². The predicted molar refractivity (Wildman–Crippen MR) is 82.7 cm³/mol. The highest BCUT2D eigenvalue weighted by molar-refractivity contribution is 5.25. The summed E-state index contributed by atoms with van der Waals surface area (Å²) < 4.78 is 0. The van der Waals surface area contributed by atoms with Gasteiger partial charge < -0.3 is 5.32 Å². The molecule has 1 unspecified atom stereocenters. The Hall–Kier alpha value is -1.74. The lowest BCUT2D eigenvalue weighted by molar-refractivity contribution is 0.563. The van der Waals surface area contributed by atoms with Crippen molar-refractivity contribution in [3.05, 3.63) is 59.2 Å². The summed E-state index contributed by atoms with van der Waals surface area (Å²) in [5, 5.41) is 3.37. The van der Waals surface area contributed by atoms with E-state index in [0.717, 1.165) is 30.7 Å². The van der Waals surface area contributed by atoms with Crippen LogP contribution in [0.2, 0.25) is 0 Å². The Morgan fingerprint density at radius 3 is 2.55 bits per heavy atom. The third-order valence-electron chi connectivity index (χ3n) is 3.69. The second kappa shape index (κ2) is 7.15. The van der Waals surface area contributed by atoms with E-state index < -0.39 is 0 Å². The molecule has 0 radical (unpaired) electrons. The first-order valence-electron chi connectivity index (χ1n) is 7.33. The molecule has 3 heteroatoms. The maximum Gasteiger partial charge on any atom is 0.0608 e. The monoisotopic (exact) mass is 269 g/mol. The van der Waals surface area contributed by atoms with Crippen LogP contribution in [0, 0.1) is 0 Å². The number of rotatable bonds is 6. The molecule has 0 aliphatic rings. The minimum Gasteiger partial charge on any atom is -0.311 e. The predicted octanol–water partition coefficient (Wildman–Crippen LogP) is 3.10. The van der Waals surface area contributed by atoms with Crippen LogP contribution in [-0.4, -0.2) is 17.0 Å². The maximum atomic E-state index is 4.56. The number of hydrogen-bond acceptors (Lipinski definition) is 3. The third kappa shape index (κ3) is 3.42. The van der Waals surface area contributed by atoms with E-state index in [4.69, 9.17) is 0 Å². The summed E-state index contributed by atoms with van der Waals surface area (Å²) >= 11 is 0. The zero-order valence-corrected chi connectivity index (χ0v) is 12.6. The molecule has 0 aliphatic carbocycles. The second-order valence-corrected chi connectivity index (χ2v) is 4.96. The molecular weight excluding hydrogens is 246 g/mol. The van der Waals surface area contributed by atoms with Crippen LogP contribution in [0.25, 0.3) is 0 Å². The molecule has 1 atom stereocenters. The molecule has 106 valence electrons. The number of pyridine rings is 2. The minimum atomic E-state index is 0.214. The number of hydrogen-bond donors (Lipinski definition) is 1. The van der Waals surface area contributed by atoms with Crippen molar-refractivity contribution in [2.45, 2.75) is 39.2 Å². The number of aromatic nitrogens is 2. The van der Waals surface area contributed by atoms with Crippen LogP contribution in [0.4, 0.5) is 0 Å². The van der Waals surface area contributed by atoms with Gasteiger partial charge in [-0.05, 0) is 43.1 Å². The van der Waals surface area contributed by atoms with Crippen LogP contribution in [0.5, 0.6) is 0 Å². The van der Waals surface area contributed by atoms with Gasteiger partial charge in [-0.15, -0.1) is 0 Å². The summed E-state index contributed by atoms with van der Waals surface area (Å²) in [6.07, 6.45) is 6.74. The molecule has 20 heavy (non-hydrogen) atoms. The van der Waals surface area contributed by atoms with Crippen LogP contribution in [0.3, 0.4) is 0 Å². The normalized spacial score (nSPS) is 12.3. The summed E-state index contributed by atoms with van der Waals surface area (Å²) in [6, 6.07) is 8.65. The lowest BCUT2D eigenvalue weighted by Crippen LogP contribution is -2.22. The molecule has 0 fully saturated rings. The molecule has 0 spiro atoms. The standard InChI is InChI=1S/C17H23N3/c1-4-13-8-9-15(20-12-13)11-16(18-3)17-14(5-2)7-6-10-19-17/h6-10,12,16,18H,4-5,11H2,1-3H3. The van der Waals surface area contributed by atoms with Crippen molar-refractivity contribution in [1.82, 2.24) is 15.3 Å². The molecule has 2 aromatic rings. The largest absolute Gasteiger partial charge is 0.311 e. The summed E-state index contributed by atoms with van der Waals surface area (Å²) in [6.45, 7) is 4.32. The Labute approximate surface area is 121 Å². The first kappa shape index (κ1) is 14.7. The molecule has 1 N–H and O–H groups in total. The SMILES string of the molecule is CCc1ccc(CC(NC)c2ncccc2CC)nc1. The van der Waals surface area contributed by atoms with E-state index in [1.165, 1.54) is 11.1 Å². The van der Waals surface area contributed by atoms with Gasteiger partial charge in [0, 0.05) is 24.5 Å². The molecule has 2 heterocycles. The Morgan fingerprint density at radius 2 is 1.95 bits per heavy atom. The van der Waals surface area contributed by atoms with Crippen LogP contribution in [-0.2, 0) is 19.3 Å². The van der Waals surface area contributed by atoms with Gasteiger partial charge in [0.05, 0.1) is 11.7 Å². The minimum absolute atomic E-state index is 0.214. The lowest BCUT2D eigenvalue weighted by atomic mass is 10.0. The smallest absolute Gasteiger partial charge is 0.0608 e. The van der Waals surface area contributed by atoms with E-state index in [2.05, 4.69) is 47.3 Å². The molecule has 0 aromatic carbocycles. The van der Waals surface area contributed by atoms with Gasteiger partial charge in [-0.25, -0.2) is 0 Å². The molecular formula is C17H23N3. The van der Waals surface area contributed by atoms with Gasteiger partial charge in [-0.2, -0.15) is 0 Å². The van der Waals surface area contributed by atoms with Gasteiger partial charge in [-0.3, -0.25) is 9.97 Å².